The van der Waals surface area contributed by atoms with Crippen LogP contribution in [0.4, 0.5) is 0 Å². The second-order valence-electron chi connectivity index (χ2n) is 14.0. The van der Waals surface area contributed by atoms with Crippen LogP contribution in [-0.2, 0) is 18.9 Å². The maximum Gasteiger partial charge on any atom is 0.120 e. The van der Waals surface area contributed by atoms with E-state index in [0.717, 1.165) is 33.4 Å². The lowest BCUT2D eigenvalue weighted by Crippen LogP contribution is -2.10. The van der Waals surface area contributed by atoms with E-state index in [2.05, 4.69) is 134 Å². The summed E-state index contributed by atoms with van der Waals surface area (Å²) in [6, 6.07) is 41.3. The van der Waals surface area contributed by atoms with Crippen molar-refractivity contribution in [2.45, 2.75) is 20.8 Å². The van der Waals surface area contributed by atoms with Gasteiger partial charge >= 0.3 is 0 Å². The molecule has 7 rings (SSSR count). The van der Waals surface area contributed by atoms with E-state index in [-0.39, 0.29) is 0 Å². The molecule has 0 N–H and O–H groups in total. The van der Waals surface area contributed by atoms with E-state index in [1.807, 2.05) is 26.0 Å². The lowest BCUT2D eigenvalue weighted by Gasteiger charge is -2.10. The SMILES string of the molecule is CCOCCOCCOc1ccc2cc(/C=C/c3ccc4cc5c(C)c(/C=C/c6ccc7cc(OCCOCCOCC)ccc7c6)ccc5cc4c3)ccc2c1. The van der Waals surface area contributed by atoms with Gasteiger partial charge in [0.25, 0.3) is 0 Å². The van der Waals surface area contributed by atoms with Crippen molar-refractivity contribution < 1.29 is 28.4 Å². The van der Waals surface area contributed by atoms with Gasteiger partial charge < -0.3 is 28.4 Å². The summed E-state index contributed by atoms with van der Waals surface area (Å²) in [7, 11) is 0. The van der Waals surface area contributed by atoms with Gasteiger partial charge in [0.05, 0.1) is 39.6 Å². The average Bonchev–Trinajstić information content (AvgIpc) is 3.24. The summed E-state index contributed by atoms with van der Waals surface area (Å²) in [5.74, 6) is 1.70. The minimum atomic E-state index is 0.512. The Morgan fingerprint density at radius 1 is 0.368 bits per heavy atom. The molecule has 7 aromatic carbocycles. The second-order valence-corrected chi connectivity index (χ2v) is 14.0. The van der Waals surface area contributed by atoms with Crippen molar-refractivity contribution in [3.8, 4) is 11.5 Å². The Hall–Kier alpha value is -5.50. The second kappa shape index (κ2) is 20.1. The number of rotatable bonds is 20. The van der Waals surface area contributed by atoms with Crippen molar-refractivity contribution in [2.24, 2.45) is 0 Å². The number of hydrogen-bond acceptors (Lipinski definition) is 6. The van der Waals surface area contributed by atoms with Crippen molar-refractivity contribution in [1.29, 1.82) is 0 Å². The van der Waals surface area contributed by atoms with Gasteiger partial charge in [-0.2, -0.15) is 0 Å². The molecule has 0 atom stereocenters. The predicted molar refractivity (Wildman–Crippen MR) is 238 cm³/mol. The van der Waals surface area contributed by atoms with Gasteiger partial charge in [0, 0.05) is 13.2 Å². The van der Waals surface area contributed by atoms with Crippen LogP contribution < -0.4 is 9.47 Å². The summed E-state index contributed by atoms with van der Waals surface area (Å²) in [6.45, 7) is 12.1. The van der Waals surface area contributed by atoms with Crippen molar-refractivity contribution >= 4 is 67.4 Å². The Kier molecular flexibility index (Phi) is 14.0. The fourth-order valence-corrected chi connectivity index (χ4v) is 6.96. The Balaban J connectivity index is 0.970. The molecular formula is C51H52O6. The van der Waals surface area contributed by atoms with E-state index in [9.17, 15) is 0 Å². The molecule has 0 saturated carbocycles. The Morgan fingerprint density at radius 3 is 1.33 bits per heavy atom. The van der Waals surface area contributed by atoms with Gasteiger partial charge in [0.15, 0.2) is 0 Å². The van der Waals surface area contributed by atoms with E-state index < -0.39 is 0 Å². The Labute approximate surface area is 336 Å². The van der Waals surface area contributed by atoms with Crippen molar-refractivity contribution in [2.75, 3.05) is 66.1 Å². The van der Waals surface area contributed by atoms with Crippen LogP contribution in [0.2, 0.25) is 0 Å². The van der Waals surface area contributed by atoms with Crippen molar-refractivity contribution in [3.05, 3.63) is 143 Å². The lowest BCUT2D eigenvalue weighted by atomic mass is 9.95. The number of ether oxygens (including phenoxy) is 6. The largest absolute Gasteiger partial charge is 0.491 e. The van der Waals surface area contributed by atoms with Crippen LogP contribution in [0.3, 0.4) is 0 Å². The first kappa shape index (κ1) is 39.7. The Morgan fingerprint density at radius 2 is 0.789 bits per heavy atom. The summed E-state index contributed by atoms with van der Waals surface area (Å²) < 4.78 is 33.5. The summed E-state index contributed by atoms with van der Waals surface area (Å²) in [5, 5.41) is 9.63. The van der Waals surface area contributed by atoms with Crippen LogP contribution >= 0.6 is 0 Å². The first-order chi connectivity index (χ1) is 28.1. The molecule has 0 bridgehead atoms. The molecule has 0 saturated heterocycles. The fraction of sp³-hybridized carbons (Fsp3) is 0.255. The summed E-state index contributed by atoms with van der Waals surface area (Å²) in [5.41, 5.74) is 5.97. The third kappa shape index (κ3) is 10.9. The first-order valence-electron chi connectivity index (χ1n) is 20.0. The lowest BCUT2D eigenvalue weighted by molar-refractivity contribution is 0.0405. The zero-order chi connectivity index (χ0) is 39.2. The molecule has 7 aromatic rings. The highest BCUT2D eigenvalue weighted by Gasteiger charge is 2.06. The molecule has 57 heavy (non-hydrogen) atoms. The molecule has 0 heterocycles. The van der Waals surface area contributed by atoms with Gasteiger partial charge in [-0.15, -0.1) is 0 Å². The average molecular weight is 761 g/mol. The summed E-state index contributed by atoms with van der Waals surface area (Å²) >= 11 is 0. The molecule has 0 aliphatic carbocycles. The minimum absolute atomic E-state index is 0.512. The monoisotopic (exact) mass is 760 g/mol. The molecule has 292 valence electrons. The van der Waals surface area contributed by atoms with Crippen LogP contribution in [0.1, 0.15) is 41.7 Å². The third-order valence-corrected chi connectivity index (χ3v) is 10.1. The van der Waals surface area contributed by atoms with Crippen LogP contribution in [0.5, 0.6) is 11.5 Å². The minimum Gasteiger partial charge on any atom is -0.491 e. The zero-order valence-corrected chi connectivity index (χ0v) is 33.3. The summed E-state index contributed by atoms with van der Waals surface area (Å²) in [6.07, 6.45) is 8.79. The van der Waals surface area contributed by atoms with E-state index in [4.69, 9.17) is 28.4 Å². The third-order valence-electron chi connectivity index (χ3n) is 10.1. The molecule has 0 unspecified atom stereocenters. The van der Waals surface area contributed by atoms with Crippen LogP contribution in [0.15, 0.2) is 115 Å². The normalized spacial score (nSPS) is 11.9. The van der Waals surface area contributed by atoms with Crippen molar-refractivity contribution in [3.63, 3.8) is 0 Å². The molecule has 0 amide bonds. The number of fused-ring (bicyclic) bond motifs is 4. The van der Waals surface area contributed by atoms with Crippen LogP contribution in [0, 0.1) is 6.92 Å². The zero-order valence-electron chi connectivity index (χ0n) is 33.3. The highest BCUT2D eigenvalue weighted by Crippen LogP contribution is 2.30. The quantitative estimate of drug-likeness (QED) is 0.0438. The van der Waals surface area contributed by atoms with E-state index in [1.54, 1.807) is 0 Å². The molecule has 0 aliphatic heterocycles. The number of benzene rings is 7. The van der Waals surface area contributed by atoms with Crippen molar-refractivity contribution in [1.82, 2.24) is 0 Å². The van der Waals surface area contributed by atoms with Crippen LogP contribution in [0.25, 0.3) is 67.4 Å². The molecule has 0 spiro atoms. The van der Waals surface area contributed by atoms with Gasteiger partial charge in [-0.25, -0.2) is 0 Å². The number of hydrogen-bond donors (Lipinski definition) is 0. The highest BCUT2D eigenvalue weighted by molar-refractivity contribution is 6.02. The maximum atomic E-state index is 5.91. The van der Waals surface area contributed by atoms with E-state index in [1.165, 1.54) is 49.0 Å². The molecular weight excluding hydrogens is 709 g/mol. The molecule has 6 nitrogen and oxygen atoms in total. The van der Waals surface area contributed by atoms with E-state index >= 15 is 0 Å². The van der Waals surface area contributed by atoms with Gasteiger partial charge in [0.1, 0.15) is 24.7 Å². The molecule has 0 aromatic heterocycles. The number of aryl methyl sites for hydroxylation is 1. The molecule has 0 radical (unpaired) electrons. The Bertz CT molecular complexity index is 2480. The fourth-order valence-electron chi connectivity index (χ4n) is 6.96. The molecule has 0 aliphatic rings. The smallest absolute Gasteiger partial charge is 0.120 e. The maximum absolute atomic E-state index is 5.91. The van der Waals surface area contributed by atoms with E-state index in [0.29, 0.717) is 66.1 Å². The van der Waals surface area contributed by atoms with Gasteiger partial charge in [-0.1, -0.05) is 85.0 Å². The van der Waals surface area contributed by atoms with Gasteiger partial charge in [-0.3, -0.25) is 0 Å². The van der Waals surface area contributed by atoms with Gasteiger partial charge in [-0.05, 0) is 146 Å². The topological polar surface area (TPSA) is 55.4 Å². The standard InChI is InChI=1S/C51H52O6/c1-4-52-22-24-54-26-28-56-49-20-18-42-30-38(9-13-44(42)34-49)6-7-39-11-15-46-36-51-37(3)41(16-17-47(51)33-48(46)32-39)12-8-40-10-14-45-35-50(21-19-43(45)31-40)57-29-27-55-25-23-53-5-2/h6-21,30-36H,4-5,22-29H2,1-3H3/b7-6+,12-8+. The molecule has 6 heteroatoms. The first-order valence-corrected chi connectivity index (χ1v) is 20.0. The predicted octanol–water partition coefficient (Wildman–Crippen LogP) is 11.8. The molecule has 0 fully saturated rings. The summed E-state index contributed by atoms with van der Waals surface area (Å²) in [4.78, 5) is 0. The van der Waals surface area contributed by atoms with Gasteiger partial charge in [0.2, 0.25) is 0 Å². The highest BCUT2D eigenvalue weighted by atomic mass is 16.5. The van der Waals surface area contributed by atoms with Crippen LogP contribution in [-0.4, -0.2) is 66.1 Å².